The fraction of sp³-hybridized carbons (Fsp3) is 0.364. The molecule has 1 aromatic rings. The number of halogens is 1. The number of rotatable bonds is 0. The second-order valence-corrected chi connectivity index (χ2v) is 4.19. The van der Waals surface area contributed by atoms with E-state index in [0.29, 0.717) is 12.1 Å². The Balaban J connectivity index is 2.11. The summed E-state index contributed by atoms with van der Waals surface area (Å²) in [5.74, 6) is -0.332. The van der Waals surface area contributed by atoms with Crippen molar-refractivity contribution in [2.45, 2.75) is 19.3 Å². The maximum atomic E-state index is 13.3. The van der Waals surface area contributed by atoms with E-state index in [1.807, 2.05) is 6.07 Å². The smallest absolute Gasteiger partial charge is 0.231 e. The van der Waals surface area contributed by atoms with E-state index in [1.54, 1.807) is 6.07 Å². The number of hydrogen-bond donors (Lipinski definition) is 1. The van der Waals surface area contributed by atoms with Crippen molar-refractivity contribution in [3.63, 3.8) is 0 Å². The van der Waals surface area contributed by atoms with E-state index in [2.05, 4.69) is 5.32 Å². The van der Waals surface area contributed by atoms with E-state index in [4.69, 9.17) is 0 Å². The number of carbonyl (C=O) groups is 1. The molecule has 1 amide bonds. The lowest BCUT2D eigenvalue weighted by molar-refractivity contribution is -0.121. The van der Waals surface area contributed by atoms with Crippen molar-refractivity contribution in [3.8, 4) is 0 Å². The third kappa shape index (κ3) is 0.924. The van der Waals surface area contributed by atoms with Gasteiger partial charge in [-0.2, -0.15) is 0 Å². The average molecular weight is 191 g/mol. The Hall–Kier alpha value is -1.38. The van der Waals surface area contributed by atoms with E-state index < -0.39 is 0 Å². The SMILES string of the molecule is O=C1Nc2c(F)cccc2CC12CC2. The summed E-state index contributed by atoms with van der Waals surface area (Å²) in [6, 6.07) is 4.96. The molecule has 0 bridgehead atoms. The first-order valence-corrected chi connectivity index (χ1v) is 4.80. The van der Waals surface area contributed by atoms with Crippen molar-refractivity contribution in [3.05, 3.63) is 29.6 Å². The molecule has 1 saturated carbocycles. The number of anilines is 1. The summed E-state index contributed by atoms with van der Waals surface area (Å²) >= 11 is 0. The third-order valence-corrected chi connectivity index (χ3v) is 3.20. The molecule has 1 fully saturated rings. The molecule has 1 N–H and O–H groups in total. The fourth-order valence-electron chi connectivity index (χ4n) is 2.10. The summed E-state index contributed by atoms with van der Waals surface area (Å²) in [6.07, 6.45) is 2.58. The van der Waals surface area contributed by atoms with Crippen molar-refractivity contribution < 1.29 is 9.18 Å². The molecular weight excluding hydrogens is 181 g/mol. The van der Waals surface area contributed by atoms with Gasteiger partial charge in [0.05, 0.1) is 11.1 Å². The number of hydrogen-bond acceptors (Lipinski definition) is 1. The zero-order valence-electron chi connectivity index (χ0n) is 7.64. The summed E-state index contributed by atoms with van der Waals surface area (Å²) < 4.78 is 13.3. The molecule has 2 nitrogen and oxygen atoms in total. The van der Waals surface area contributed by atoms with E-state index in [9.17, 15) is 9.18 Å². The zero-order chi connectivity index (χ0) is 9.76. The van der Waals surface area contributed by atoms with Crippen LogP contribution in [0, 0.1) is 11.2 Å². The van der Waals surface area contributed by atoms with Gasteiger partial charge in [0.15, 0.2) is 0 Å². The molecule has 72 valence electrons. The topological polar surface area (TPSA) is 29.1 Å². The molecular formula is C11H10FNO. The second-order valence-electron chi connectivity index (χ2n) is 4.19. The highest BCUT2D eigenvalue weighted by Crippen LogP contribution is 2.52. The fourth-order valence-corrected chi connectivity index (χ4v) is 2.10. The lowest BCUT2D eigenvalue weighted by atomic mass is 9.90. The highest BCUT2D eigenvalue weighted by molar-refractivity contribution is 6.00. The predicted octanol–water partition coefficient (Wildman–Crippen LogP) is 2.10. The molecule has 1 spiro atoms. The van der Waals surface area contributed by atoms with Crippen LogP contribution in [0.1, 0.15) is 18.4 Å². The highest BCUT2D eigenvalue weighted by Gasteiger charge is 2.52. The number of fused-ring (bicyclic) bond motifs is 1. The van der Waals surface area contributed by atoms with Crippen LogP contribution in [0.5, 0.6) is 0 Å². The summed E-state index contributed by atoms with van der Waals surface area (Å²) in [5, 5.41) is 2.67. The lowest BCUT2D eigenvalue weighted by Gasteiger charge is -2.24. The highest BCUT2D eigenvalue weighted by atomic mass is 19.1. The zero-order valence-corrected chi connectivity index (χ0v) is 7.64. The van der Waals surface area contributed by atoms with Gasteiger partial charge in [-0.1, -0.05) is 12.1 Å². The van der Waals surface area contributed by atoms with Crippen molar-refractivity contribution in [1.29, 1.82) is 0 Å². The summed E-state index contributed by atoms with van der Waals surface area (Å²) in [7, 11) is 0. The number of amides is 1. The molecule has 0 saturated heterocycles. The number of benzene rings is 1. The van der Waals surface area contributed by atoms with Crippen LogP contribution in [0.25, 0.3) is 0 Å². The molecule has 2 aliphatic rings. The molecule has 0 atom stereocenters. The molecule has 3 rings (SSSR count). The van der Waals surface area contributed by atoms with Crippen LogP contribution in [0.4, 0.5) is 10.1 Å². The van der Waals surface area contributed by atoms with E-state index >= 15 is 0 Å². The average Bonchev–Trinajstić information content (AvgIpc) is 2.91. The molecule has 1 aliphatic carbocycles. The predicted molar refractivity (Wildman–Crippen MR) is 50.4 cm³/mol. The monoisotopic (exact) mass is 191 g/mol. The summed E-state index contributed by atoms with van der Waals surface area (Å²) in [5.41, 5.74) is 1.12. The Bertz CT molecular complexity index is 423. The number of para-hydroxylation sites is 1. The second kappa shape index (κ2) is 2.35. The van der Waals surface area contributed by atoms with Crippen LogP contribution < -0.4 is 5.32 Å². The first-order chi connectivity index (χ1) is 6.71. The lowest BCUT2D eigenvalue weighted by Crippen LogP contribution is -2.31. The van der Waals surface area contributed by atoms with Crippen LogP contribution >= 0.6 is 0 Å². The maximum Gasteiger partial charge on any atom is 0.231 e. The molecule has 1 heterocycles. The van der Waals surface area contributed by atoms with Crippen LogP contribution in [-0.2, 0) is 11.2 Å². The van der Waals surface area contributed by atoms with E-state index in [1.165, 1.54) is 6.07 Å². The van der Waals surface area contributed by atoms with Gasteiger partial charge in [-0.05, 0) is 30.9 Å². The normalized spacial score (nSPS) is 21.6. The molecule has 1 aromatic carbocycles. The Morgan fingerprint density at radius 2 is 2.14 bits per heavy atom. The molecule has 14 heavy (non-hydrogen) atoms. The molecule has 1 aliphatic heterocycles. The van der Waals surface area contributed by atoms with Crippen molar-refractivity contribution >= 4 is 11.6 Å². The largest absolute Gasteiger partial charge is 0.323 e. The standard InChI is InChI=1S/C11H10FNO/c12-8-3-1-2-7-6-11(4-5-11)10(14)13-9(7)8/h1-3H,4-6H2,(H,13,14). The third-order valence-electron chi connectivity index (χ3n) is 3.20. The Labute approximate surface area is 81.1 Å². The molecule has 0 radical (unpaired) electrons. The van der Waals surface area contributed by atoms with Crippen molar-refractivity contribution in [1.82, 2.24) is 0 Å². The van der Waals surface area contributed by atoms with Gasteiger partial charge in [-0.25, -0.2) is 4.39 Å². The minimum Gasteiger partial charge on any atom is -0.323 e. The van der Waals surface area contributed by atoms with Crippen LogP contribution in [0.15, 0.2) is 18.2 Å². The van der Waals surface area contributed by atoms with Gasteiger partial charge in [0, 0.05) is 0 Å². The molecule has 3 heteroatoms. The van der Waals surface area contributed by atoms with Gasteiger partial charge >= 0.3 is 0 Å². The van der Waals surface area contributed by atoms with Crippen molar-refractivity contribution in [2.75, 3.05) is 5.32 Å². The van der Waals surface area contributed by atoms with Crippen LogP contribution in [-0.4, -0.2) is 5.91 Å². The van der Waals surface area contributed by atoms with Gasteiger partial charge in [-0.3, -0.25) is 4.79 Å². The minimum absolute atomic E-state index is 0.00454. The maximum absolute atomic E-state index is 13.3. The van der Waals surface area contributed by atoms with Gasteiger partial charge in [0.2, 0.25) is 5.91 Å². The first kappa shape index (κ1) is 7.97. The van der Waals surface area contributed by atoms with Crippen LogP contribution in [0.3, 0.4) is 0 Å². The van der Waals surface area contributed by atoms with E-state index in [0.717, 1.165) is 18.4 Å². The van der Waals surface area contributed by atoms with Crippen molar-refractivity contribution in [2.24, 2.45) is 5.41 Å². The van der Waals surface area contributed by atoms with E-state index in [-0.39, 0.29) is 17.1 Å². The Morgan fingerprint density at radius 3 is 2.86 bits per heavy atom. The van der Waals surface area contributed by atoms with Gasteiger partial charge < -0.3 is 5.32 Å². The van der Waals surface area contributed by atoms with Gasteiger partial charge in [0.1, 0.15) is 5.82 Å². The summed E-state index contributed by atoms with van der Waals surface area (Å²) in [4.78, 5) is 11.6. The Kier molecular flexibility index (Phi) is 1.34. The number of nitrogens with one attached hydrogen (secondary N) is 1. The molecule has 0 unspecified atom stereocenters. The first-order valence-electron chi connectivity index (χ1n) is 4.80. The number of carbonyl (C=O) groups excluding carboxylic acids is 1. The quantitative estimate of drug-likeness (QED) is 0.668. The van der Waals surface area contributed by atoms with Crippen LogP contribution in [0.2, 0.25) is 0 Å². The van der Waals surface area contributed by atoms with Gasteiger partial charge in [-0.15, -0.1) is 0 Å². The minimum atomic E-state index is -0.327. The van der Waals surface area contributed by atoms with Gasteiger partial charge in [0.25, 0.3) is 0 Å². The summed E-state index contributed by atoms with van der Waals surface area (Å²) in [6.45, 7) is 0. The Morgan fingerprint density at radius 1 is 1.36 bits per heavy atom. The molecule has 0 aromatic heterocycles.